The molecule has 0 amide bonds. The number of pyridine rings is 1. The van der Waals surface area contributed by atoms with Crippen molar-refractivity contribution < 1.29 is 0 Å². The van der Waals surface area contributed by atoms with Crippen molar-refractivity contribution >= 4 is 21.7 Å². The van der Waals surface area contributed by atoms with E-state index < -0.39 is 0 Å². The third kappa shape index (κ3) is 3.19. The lowest BCUT2D eigenvalue weighted by molar-refractivity contribution is 0.401. The number of hydrogen-bond donors (Lipinski definition) is 1. The number of hydrogen-bond acceptors (Lipinski definition) is 3. The van der Waals surface area contributed by atoms with Crippen LogP contribution in [-0.2, 0) is 0 Å². The Bertz CT molecular complexity index is 379. The number of piperidine rings is 1. The number of nitrogens with zero attached hydrogens (tertiary/aromatic N) is 2. The Kier molecular flexibility index (Phi) is 4.40. The van der Waals surface area contributed by atoms with E-state index in [4.69, 9.17) is 0 Å². The van der Waals surface area contributed by atoms with Gasteiger partial charge in [-0.15, -0.1) is 0 Å². The van der Waals surface area contributed by atoms with Crippen LogP contribution in [0.25, 0.3) is 0 Å². The van der Waals surface area contributed by atoms with E-state index in [1.54, 1.807) is 0 Å². The van der Waals surface area contributed by atoms with Gasteiger partial charge in [0, 0.05) is 19.3 Å². The second-order valence-electron chi connectivity index (χ2n) is 4.83. The van der Waals surface area contributed by atoms with Crippen LogP contribution in [0.15, 0.2) is 16.7 Å². The van der Waals surface area contributed by atoms with Crippen LogP contribution in [0.4, 0.5) is 5.82 Å². The molecule has 1 saturated heterocycles. The molecule has 3 nitrogen and oxygen atoms in total. The molecule has 4 heteroatoms. The summed E-state index contributed by atoms with van der Waals surface area (Å²) < 4.78 is 1.11. The van der Waals surface area contributed by atoms with E-state index in [2.05, 4.69) is 44.1 Å². The van der Waals surface area contributed by atoms with Gasteiger partial charge in [0.2, 0.25) is 0 Å². The highest BCUT2D eigenvalue weighted by molar-refractivity contribution is 9.10. The summed E-state index contributed by atoms with van der Waals surface area (Å²) in [4.78, 5) is 6.95. The third-order valence-electron chi connectivity index (χ3n) is 3.27. The second-order valence-corrected chi connectivity index (χ2v) is 5.68. The quantitative estimate of drug-likeness (QED) is 0.929. The highest BCUT2D eigenvalue weighted by Crippen LogP contribution is 2.28. The molecule has 0 spiro atoms. The monoisotopic (exact) mass is 297 g/mol. The van der Waals surface area contributed by atoms with Crippen LogP contribution in [0.5, 0.6) is 0 Å². The fraction of sp³-hybridized carbons (Fsp3) is 0.615. The summed E-state index contributed by atoms with van der Waals surface area (Å²) in [6.45, 7) is 5.39. The molecule has 1 aliphatic rings. The summed E-state index contributed by atoms with van der Waals surface area (Å²) in [6.07, 6.45) is 4.52. The van der Waals surface area contributed by atoms with Crippen molar-refractivity contribution in [3.63, 3.8) is 0 Å². The third-order valence-corrected chi connectivity index (χ3v) is 3.85. The van der Waals surface area contributed by atoms with Crippen LogP contribution in [0, 0.1) is 12.8 Å². The van der Waals surface area contributed by atoms with Gasteiger partial charge in [0.25, 0.3) is 0 Å². The second kappa shape index (κ2) is 5.83. The Morgan fingerprint density at radius 2 is 2.41 bits per heavy atom. The highest BCUT2D eigenvalue weighted by atomic mass is 79.9. The van der Waals surface area contributed by atoms with Crippen molar-refractivity contribution in [3.05, 3.63) is 22.3 Å². The summed E-state index contributed by atoms with van der Waals surface area (Å²) in [5, 5.41) is 3.27. The molecule has 1 N–H and O–H groups in total. The van der Waals surface area contributed by atoms with Gasteiger partial charge in [-0.3, -0.25) is 0 Å². The van der Waals surface area contributed by atoms with Crippen molar-refractivity contribution in [2.75, 3.05) is 31.6 Å². The SMILES string of the molecule is CNCC1CCCN(c2ncc(C)cc2Br)C1. The largest absolute Gasteiger partial charge is 0.355 e. The van der Waals surface area contributed by atoms with Crippen molar-refractivity contribution in [2.45, 2.75) is 19.8 Å². The molecular weight excluding hydrogens is 278 g/mol. The maximum absolute atomic E-state index is 4.55. The number of nitrogens with one attached hydrogen (secondary N) is 1. The zero-order chi connectivity index (χ0) is 12.3. The van der Waals surface area contributed by atoms with Crippen LogP contribution >= 0.6 is 15.9 Å². The number of rotatable bonds is 3. The molecule has 1 aliphatic heterocycles. The molecule has 1 aromatic rings. The fourth-order valence-electron chi connectivity index (χ4n) is 2.47. The zero-order valence-corrected chi connectivity index (χ0v) is 12.1. The van der Waals surface area contributed by atoms with E-state index in [1.165, 1.54) is 18.4 Å². The molecule has 17 heavy (non-hydrogen) atoms. The molecule has 2 heterocycles. The summed E-state index contributed by atoms with van der Waals surface area (Å²) >= 11 is 3.62. The van der Waals surface area contributed by atoms with E-state index in [1.807, 2.05) is 13.2 Å². The standard InChI is InChI=1S/C13H20BrN3/c1-10-6-12(14)13(16-7-10)17-5-3-4-11(9-17)8-15-2/h6-7,11,15H,3-5,8-9H2,1-2H3. The smallest absolute Gasteiger partial charge is 0.142 e. The molecule has 1 unspecified atom stereocenters. The average Bonchev–Trinajstić information content (AvgIpc) is 2.29. The van der Waals surface area contributed by atoms with Gasteiger partial charge in [-0.2, -0.15) is 0 Å². The number of aromatic nitrogens is 1. The Balaban J connectivity index is 2.10. The number of anilines is 1. The minimum absolute atomic E-state index is 0.740. The van der Waals surface area contributed by atoms with Crippen LogP contribution in [0.1, 0.15) is 18.4 Å². The Labute approximate surface area is 112 Å². The minimum Gasteiger partial charge on any atom is -0.355 e. The van der Waals surface area contributed by atoms with E-state index in [-0.39, 0.29) is 0 Å². The first-order valence-corrected chi connectivity index (χ1v) is 7.01. The van der Waals surface area contributed by atoms with Gasteiger partial charge in [-0.1, -0.05) is 0 Å². The van der Waals surface area contributed by atoms with Gasteiger partial charge < -0.3 is 10.2 Å². The minimum atomic E-state index is 0.740. The molecule has 0 saturated carbocycles. The molecule has 0 bridgehead atoms. The molecule has 0 aliphatic carbocycles. The average molecular weight is 298 g/mol. The normalized spacial score (nSPS) is 20.6. The van der Waals surface area contributed by atoms with Crippen LogP contribution in [-0.4, -0.2) is 31.7 Å². The van der Waals surface area contributed by atoms with Gasteiger partial charge in [0.05, 0.1) is 4.47 Å². The lowest BCUT2D eigenvalue weighted by atomic mass is 9.98. The molecule has 0 radical (unpaired) electrons. The predicted molar refractivity (Wildman–Crippen MR) is 75.5 cm³/mol. The predicted octanol–water partition coefficient (Wildman–Crippen LogP) is 2.59. The molecule has 0 aromatic carbocycles. The summed E-state index contributed by atoms with van der Waals surface area (Å²) in [6, 6.07) is 2.14. The maximum atomic E-state index is 4.55. The Morgan fingerprint density at radius 3 is 3.12 bits per heavy atom. The summed E-state index contributed by atoms with van der Waals surface area (Å²) in [7, 11) is 2.03. The van der Waals surface area contributed by atoms with Gasteiger partial charge in [0.15, 0.2) is 0 Å². The molecule has 1 aromatic heterocycles. The summed E-state index contributed by atoms with van der Waals surface area (Å²) in [5.41, 5.74) is 1.20. The topological polar surface area (TPSA) is 28.2 Å². The van der Waals surface area contributed by atoms with Gasteiger partial charge in [-0.25, -0.2) is 4.98 Å². The van der Waals surface area contributed by atoms with Gasteiger partial charge in [-0.05, 0) is 66.8 Å². The highest BCUT2D eigenvalue weighted by Gasteiger charge is 2.21. The maximum Gasteiger partial charge on any atom is 0.142 e. The van der Waals surface area contributed by atoms with Crippen molar-refractivity contribution in [3.8, 4) is 0 Å². The van der Waals surface area contributed by atoms with Crippen LogP contribution in [0.3, 0.4) is 0 Å². The Hall–Kier alpha value is -0.610. The van der Waals surface area contributed by atoms with E-state index >= 15 is 0 Å². The fourth-order valence-corrected chi connectivity index (χ4v) is 3.19. The first-order valence-electron chi connectivity index (χ1n) is 6.22. The number of halogens is 1. The first-order chi connectivity index (χ1) is 8.20. The number of aryl methyl sites for hydroxylation is 1. The van der Waals surface area contributed by atoms with E-state index in [0.717, 1.165) is 35.8 Å². The first kappa shape index (κ1) is 12.8. The van der Waals surface area contributed by atoms with Crippen LogP contribution < -0.4 is 10.2 Å². The van der Waals surface area contributed by atoms with Gasteiger partial charge >= 0.3 is 0 Å². The van der Waals surface area contributed by atoms with Crippen molar-refractivity contribution in [2.24, 2.45) is 5.92 Å². The van der Waals surface area contributed by atoms with E-state index in [0.29, 0.717) is 0 Å². The molecule has 1 atom stereocenters. The lowest BCUT2D eigenvalue weighted by Crippen LogP contribution is -2.39. The van der Waals surface area contributed by atoms with Crippen LogP contribution in [0.2, 0.25) is 0 Å². The molecule has 1 fully saturated rings. The molecule has 94 valence electrons. The summed E-state index contributed by atoms with van der Waals surface area (Å²) in [5.74, 6) is 1.83. The zero-order valence-electron chi connectivity index (χ0n) is 10.5. The molecular formula is C13H20BrN3. The van der Waals surface area contributed by atoms with Crippen molar-refractivity contribution in [1.82, 2.24) is 10.3 Å². The Morgan fingerprint density at radius 1 is 1.59 bits per heavy atom. The lowest BCUT2D eigenvalue weighted by Gasteiger charge is -2.34. The van der Waals surface area contributed by atoms with E-state index in [9.17, 15) is 0 Å². The van der Waals surface area contributed by atoms with Crippen molar-refractivity contribution in [1.29, 1.82) is 0 Å². The molecule has 2 rings (SSSR count). The van der Waals surface area contributed by atoms with Gasteiger partial charge in [0.1, 0.15) is 5.82 Å².